The van der Waals surface area contributed by atoms with Crippen LogP contribution in [-0.4, -0.2) is 27.1 Å². The predicted molar refractivity (Wildman–Crippen MR) is 111 cm³/mol. The lowest BCUT2D eigenvalue weighted by Gasteiger charge is -2.30. The van der Waals surface area contributed by atoms with Gasteiger partial charge in [0, 0.05) is 6.04 Å². The number of hydrogen-bond acceptors (Lipinski definition) is 4. The molecule has 0 spiro atoms. The molecule has 0 radical (unpaired) electrons. The van der Waals surface area contributed by atoms with Crippen LogP contribution in [0.25, 0.3) is 6.08 Å². The SMILES string of the molecule is O=C1/C(=C/c2ccc(O)cc2)SC(=Nc2ccccc2)N1C1CCCCC1. The van der Waals surface area contributed by atoms with E-state index in [0.717, 1.165) is 42.1 Å². The van der Waals surface area contributed by atoms with Gasteiger partial charge < -0.3 is 5.11 Å². The number of amidine groups is 1. The number of nitrogens with zero attached hydrogens (tertiary/aromatic N) is 2. The number of phenolic OH excluding ortho intramolecular Hbond substituents is 1. The molecule has 27 heavy (non-hydrogen) atoms. The number of carbonyl (C=O) groups is 1. The van der Waals surface area contributed by atoms with Gasteiger partial charge in [-0.2, -0.15) is 0 Å². The van der Waals surface area contributed by atoms with Crippen LogP contribution in [-0.2, 0) is 4.79 Å². The summed E-state index contributed by atoms with van der Waals surface area (Å²) in [5.41, 5.74) is 1.76. The Morgan fingerprint density at radius 1 is 1.00 bits per heavy atom. The summed E-state index contributed by atoms with van der Waals surface area (Å²) in [5.74, 6) is 0.257. The molecule has 138 valence electrons. The van der Waals surface area contributed by atoms with Crippen molar-refractivity contribution in [3.05, 3.63) is 65.1 Å². The zero-order chi connectivity index (χ0) is 18.6. The van der Waals surface area contributed by atoms with Crippen LogP contribution < -0.4 is 0 Å². The lowest BCUT2D eigenvalue weighted by atomic mass is 9.94. The second-order valence-corrected chi connectivity index (χ2v) is 7.91. The number of amides is 1. The molecule has 1 heterocycles. The molecule has 0 atom stereocenters. The van der Waals surface area contributed by atoms with Crippen LogP contribution in [0, 0.1) is 0 Å². The zero-order valence-electron chi connectivity index (χ0n) is 15.0. The molecule has 2 aromatic carbocycles. The molecule has 0 bridgehead atoms. The summed E-state index contributed by atoms with van der Waals surface area (Å²) in [6, 6.07) is 16.9. The molecular weight excluding hydrogens is 356 g/mol. The molecule has 2 aromatic rings. The smallest absolute Gasteiger partial charge is 0.267 e. The summed E-state index contributed by atoms with van der Waals surface area (Å²) in [4.78, 5) is 20.5. The number of thioether (sulfide) groups is 1. The predicted octanol–water partition coefficient (Wildman–Crippen LogP) is 5.33. The Morgan fingerprint density at radius 2 is 1.70 bits per heavy atom. The minimum atomic E-state index is 0.0367. The van der Waals surface area contributed by atoms with Crippen molar-refractivity contribution in [1.82, 2.24) is 4.90 Å². The fraction of sp³-hybridized carbons (Fsp3) is 0.273. The minimum Gasteiger partial charge on any atom is -0.508 e. The number of benzene rings is 2. The average molecular weight is 378 g/mol. The maximum absolute atomic E-state index is 13.2. The Kier molecular flexibility index (Phi) is 5.30. The van der Waals surface area contributed by atoms with Crippen molar-refractivity contribution in [2.45, 2.75) is 38.1 Å². The molecule has 1 aliphatic heterocycles. The van der Waals surface area contributed by atoms with Gasteiger partial charge in [-0.1, -0.05) is 49.6 Å². The minimum absolute atomic E-state index is 0.0367. The van der Waals surface area contributed by atoms with E-state index in [1.54, 1.807) is 12.1 Å². The van der Waals surface area contributed by atoms with Gasteiger partial charge in [0.25, 0.3) is 5.91 Å². The molecule has 1 amide bonds. The van der Waals surface area contributed by atoms with Gasteiger partial charge in [-0.3, -0.25) is 9.69 Å². The molecule has 4 nitrogen and oxygen atoms in total. The Labute approximate surface area is 163 Å². The molecular formula is C22H22N2O2S. The summed E-state index contributed by atoms with van der Waals surface area (Å²) < 4.78 is 0. The summed E-state index contributed by atoms with van der Waals surface area (Å²) >= 11 is 1.44. The molecule has 1 saturated heterocycles. The molecule has 2 fully saturated rings. The Bertz CT molecular complexity index is 869. The van der Waals surface area contributed by atoms with Gasteiger partial charge >= 0.3 is 0 Å². The quantitative estimate of drug-likeness (QED) is 0.735. The van der Waals surface area contributed by atoms with Crippen molar-refractivity contribution in [1.29, 1.82) is 0 Å². The van der Waals surface area contributed by atoms with Gasteiger partial charge in [0.15, 0.2) is 5.17 Å². The molecule has 1 saturated carbocycles. The van der Waals surface area contributed by atoms with Crippen molar-refractivity contribution in [3.8, 4) is 5.75 Å². The number of para-hydroxylation sites is 1. The van der Waals surface area contributed by atoms with Crippen molar-refractivity contribution < 1.29 is 9.90 Å². The third-order valence-corrected chi connectivity index (χ3v) is 5.93. The first kappa shape index (κ1) is 17.9. The standard InChI is InChI=1S/C22H22N2O2S/c25-19-13-11-16(12-14-19)15-20-21(26)24(18-9-5-2-6-10-18)22(27-20)23-17-7-3-1-4-8-17/h1,3-4,7-8,11-15,18,25H,2,5-6,9-10H2/b20-15-,23-22?. The second kappa shape index (κ2) is 8.01. The first-order chi connectivity index (χ1) is 13.2. The van der Waals surface area contributed by atoms with Gasteiger partial charge in [-0.05, 0) is 60.5 Å². The van der Waals surface area contributed by atoms with Gasteiger partial charge in [-0.15, -0.1) is 0 Å². The topological polar surface area (TPSA) is 52.9 Å². The van der Waals surface area contributed by atoms with Crippen LogP contribution in [0.15, 0.2) is 64.5 Å². The highest BCUT2D eigenvalue weighted by atomic mass is 32.2. The highest BCUT2D eigenvalue weighted by Crippen LogP contribution is 2.38. The number of aromatic hydroxyl groups is 1. The fourth-order valence-electron chi connectivity index (χ4n) is 3.56. The van der Waals surface area contributed by atoms with Crippen LogP contribution in [0.4, 0.5) is 5.69 Å². The molecule has 4 rings (SSSR count). The molecule has 0 unspecified atom stereocenters. The van der Waals surface area contributed by atoms with Crippen LogP contribution in [0.1, 0.15) is 37.7 Å². The first-order valence-electron chi connectivity index (χ1n) is 9.36. The van der Waals surface area contributed by atoms with Crippen LogP contribution in [0.5, 0.6) is 5.75 Å². The molecule has 1 aliphatic carbocycles. The van der Waals surface area contributed by atoms with Crippen LogP contribution in [0.3, 0.4) is 0 Å². The number of rotatable bonds is 3. The maximum atomic E-state index is 13.2. The van der Waals surface area contributed by atoms with E-state index in [1.807, 2.05) is 53.4 Å². The van der Waals surface area contributed by atoms with E-state index < -0.39 is 0 Å². The third kappa shape index (κ3) is 4.08. The van der Waals surface area contributed by atoms with E-state index in [9.17, 15) is 9.90 Å². The fourth-order valence-corrected chi connectivity index (χ4v) is 4.62. The summed E-state index contributed by atoms with van der Waals surface area (Å²) in [6.07, 6.45) is 7.52. The Hall–Kier alpha value is -2.53. The van der Waals surface area contributed by atoms with E-state index in [4.69, 9.17) is 4.99 Å². The van der Waals surface area contributed by atoms with Gasteiger partial charge in [0.1, 0.15) is 5.75 Å². The summed E-state index contributed by atoms with van der Waals surface area (Å²) in [5, 5.41) is 10.2. The van der Waals surface area contributed by atoms with Gasteiger partial charge in [0.2, 0.25) is 0 Å². The van der Waals surface area contributed by atoms with E-state index >= 15 is 0 Å². The van der Waals surface area contributed by atoms with E-state index in [2.05, 4.69) is 0 Å². The Morgan fingerprint density at radius 3 is 2.41 bits per heavy atom. The number of phenols is 1. The van der Waals surface area contributed by atoms with Crippen molar-refractivity contribution in [2.75, 3.05) is 0 Å². The lowest BCUT2D eigenvalue weighted by Crippen LogP contribution is -2.40. The van der Waals surface area contributed by atoms with Crippen LogP contribution >= 0.6 is 11.8 Å². The van der Waals surface area contributed by atoms with Gasteiger partial charge in [0.05, 0.1) is 10.6 Å². The average Bonchev–Trinajstić information content (AvgIpc) is 3.00. The lowest BCUT2D eigenvalue weighted by molar-refractivity contribution is -0.124. The number of carbonyl (C=O) groups excluding carboxylic acids is 1. The normalized spacial score (nSPS) is 21.3. The van der Waals surface area contributed by atoms with Gasteiger partial charge in [-0.25, -0.2) is 4.99 Å². The van der Waals surface area contributed by atoms with Crippen molar-refractivity contribution >= 4 is 34.6 Å². The highest BCUT2D eigenvalue weighted by Gasteiger charge is 2.38. The van der Waals surface area contributed by atoms with Crippen molar-refractivity contribution in [3.63, 3.8) is 0 Å². The monoisotopic (exact) mass is 378 g/mol. The van der Waals surface area contributed by atoms with E-state index in [1.165, 1.54) is 18.2 Å². The molecule has 2 aliphatic rings. The van der Waals surface area contributed by atoms with Crippen LogP contribution in [0.2, 0.25) is 0 Å². The van der Waals surface area contributed by atoms with Crippen molar-refractivity contribution in [2.24, 2.45) is 4.99 Å². The number of aliphatic imine (C=N–C) groups is 1. The van der Waals surface area contributed by atoms with E-state index in [-0.39, 0.29) is 17.7 Å². The molecule has 5 heteroatoms. The zero-order valence-corrected chi connectivity index (χ0v) is 15.9. The summed E-state index contributed by atoms with van der Waals surface area (Å²) in [7, 11) is 0. The molecule has 1 N–H and O–H groups in total. The number of hydrogen-bond donors (Lipinski definition) is 1. The molecule has 0 aromatic heterocycles. The maximum Gasteiger partial charge on any atom is 0.267 e. The second-order valence-electron chi connectivity index (χ2n) is 6.90. The first-order valence-corrected chi connectivity index (χ1v) is 10.2. The van der Waals surface area contributed by atoms with E-state index in [0.29, 0.717) is 4.91 Å². The third-order valence-electron chi connectivity index (χ3n) is 4.95. The largest absolute Gasteiger partial charge is 0.508 e. The summed E-state index contributed by atoms with van der Waals surface area (Å²) in [6.45, 7) is 0. The highest BCUT2D eigenvalue weighted by molar-refractivity contribution is 8.18. The Balaban J connectivity index is 1.68.